The molecule has 0 saturated carbocycles. The van der Waals surface area contributed by atoms with E-state index >= 15 is 0 Å². The number of halogens is 2. The normalized spacial score (nSPS) is 10.9. The Kier molecular flexibility index (Phi) is 3.08. The van der Waals surface area contributed by atoms with Gasteiger partial charge in [0.1, 0.15) is 5.56 Å². The van der Waals surface area contributed by atoms with E-state index in [1.165, 1.54) is 10.6 Å². The summed E-state index contributed by atoms with van der Waals surface area (Å²) < 4.78 is 1.42. The molecule has 0 bridgehead atoms. The summed E-state index contributed by atoms with van der Waals surface area (Å²) in [6.45, 7) is 0. The highest BCUT2D eigenvalue weighted by Crippen LogP contribution is 2.27. The van der Waals surface area contributed by atoms with Crippen LogP contribution in [0.3, 0.4) is 0 Å². The van der Waals surface area contributed by atoms with Crippen molar-refractivity contribution in [1.82, 2.24) is 14.6 Å². The predicted octanol–water partition coefficient (Wildman–Crippen LogP) is 3.40. The average Bonchev–Trinajstić information content (AvgIpc) is 2.85. The zero-order valence-electron chi connectivity index (χ0n) is 9.92. The fourth-order valence-electron chi connectivity index (χ4n) is 1.83. The van der Waals surface area contributed by atoms with E-state index in [1.54, 1.807) is 30.5 Å². The van der Waals surface area contributed by atoms with E-state index in [9.17, 15) is 4.79 Å². The minimum absolute atomic E-state index is 0.0892. The Morgan fingerprint density at radius 2 is 2.00 bits per heavy atom. The third-order valence-corrected chi connectivity index (χ3v) is 3.51. The Labute approximate surface area is 123 Å². The van der Waals surface area contributed by atoms with E-state index < -0.39 is 5.97 Å². The summed E-state index contributed by atoms with van der Waals surface area (Å²) in [7, 11) is 0. The maximum Gasteiger partial charge on any atom is 0.339 e. The highest BCUT2D eigenvalue weighted by atomic mass is 35.5. The molecule has 3 aromatic rings. The molecule has 0 aliphatic heterocycles. The number of aromatic carboxylic acids is 1. The lowest BCUT2D eigenvalue weighted by Gasteiger charge is -1.97. The topological polar surface area (TPSA) is 67.5 Å². The van der Waals surface area contributed by atoms with Crippen LogP contribution in [-0.4, -0.2) is 25.7 Å². The Hall–Kier alpha value is -2.11. The van der Waals surface area contributed by atoms with E-state index in [4.69, 9.17) is 28.3 Å². The Balaban J connectivity index is 2.20. The molecule has 0 unspecified atom stereocenters. The number of benzene rings is 1. The lowest BCUT2D eigenvalue weighted by Crippen LogP contribution is -2.00. The summed E-state index contributed by atoms with van der Waals surface area (Å²) >= 11 is 11.8. The van der Waals surface area contributed by atoms with E-state index in [-0.39, 0.29) is 11.2 Å². The molecule has 0 atom stereocenters. The SMILES string of the molecule is O=C(O)c1cccn2nc(-c3ccc(Cl)c(Cl)c3)nc12. The van der Waals surface area contributed by atoms with Gasteiger partial charge in [0.05, 0.1) is 10.0 Å². The molecule has 2 heterocycles. The number of aromatic nitrogens is 3. The van der Waals surface area contributed by atoms with E-state index in [0.29, 0.717) is 21.4 Å². The Morgan fingerprint density at radius 3 is 2.70 bits per heavy atom. The molecule has 7 heteroatoms. The molecule has 0 spiro atoms. The number of carboxylic acids is 1. The second-order valence-electron chi connectivity index (χ2n) is 4.06. The van der Waals surface area contributed by atoms with Crippen LogP contribution in [0, 0.1) is 0 Å². The second-order valence-corrected chi connectivity index (χ2v) is 4.87. The van der Waals surface area contributed by atoms with Gasteiger partial charge in [-0.25, -0.2) is 14.3 Å². The van der Waals surface area contributed by atoms with Crippen molar-refractivity contribution in [2.45, 2.75) is 0 Å². The van der Waals surface area contributed by atoms with Gasteiger partial charge in [0.15, 0.2) is 11.5 Å². The molecular weight excluding hydrogens is 301 g/mol. The lowest BCUT2D eigenvalue weighted by atomic mass is 10.2. The van der Waals surface area contributed by atoms with Crippen LogP contribution in [0.2, 0.25) is 10.0 Å². The zero-order chi connectivity index (χ0) is 14.3. The first kappa shape index (κ1) is 12.9. The van der Waals surface area contributed by atoms with Crippen LogP contribution in [0.4, 0.5) is 0 Å². The molecule has 20 heavy (non-hydrogen) atoms. The summed E-state index contributed by atoms with van der Waals surface area (Å²) in [4.78, 5) is 15.4. The van der Waals surface area contributed by atoms with Gasteiger partial charge in [-0.3, -0.25) is 0 Å². The summed E-state index contributed by atoms with van der Waals surface area (Å²) in [5.41, 5.74) is 1.03. The molecule has 0 saturated heterocycles. The van der Waals surface area contributed by atoms with Crippen molar-refractivity contribution in [3.05, 3.63) is 52.1 Å². The molecular formula is C13H7Cl2N3O2. The number of carbonyl (C=O) groups is 1. The van der Waals surface area contributed by atoms with Crippen molar-refractivity contribution < 1.29 is 9.90 Å². The van der Waals surface area contributed by atoms with E-state index in [0.717, 1.165) is 0 Å². The van der Waals surface area contributed by atoms with Crippen LogP contribution in [-0.2, 0) is 0 Å². The van der Waals surface area contributed by atoms with Gasteiger partial charge in [0.2, 0.25) is 0 Å². The quantitative estimate of drug-likeness (QED) is 0.788. The van der Waals surface area contributed by atoms with Crippen molar-refractivity contribution in [1.29, 1.82) is 0 Å². The van der Waals surface area contributed by atoms with Gasteiger partial charge < -0.3 is 5.11 Å². The number of pyridine rings is 1. The fourth-order valence-corrected chi connectivity index (χ4v) is 2.13. The van der Waals surface area contributed by atoms with Crippen LogP contribution < -0.4 is 0 Å². The molecule has 5 nitrogen and oxygen atoms in total. The van der Waals surface area contributed by atoms with E-state index in [2.05, 4.69) is 10.1 Å². The number of fused-ring (bicyclic) bond motifs is 1. The third-order valence-electron chi connectivity index (χ3n) is 2.77. The molecule has 0 fully saturated rings. The summed E-state index contributed by atoms with van der Waals surface area (Å²) in [6, 6.07) is 8.08. The van der Waals surface area contributed by atoms with Gasteiger partial charge in [0.25, 0.3) is 0 Å². The third kappa shape index (κ3) is 2.11. The Morgan fingerprint density at radius 1 is 1.20 bits per heavy atom. The zero-order valence-corrected chi connectivity index (χ0v) is 11.4. The van der Waals surface area contributed by atoms with Crippen LogP contribution in [0.25, 0.3) is 17.0 Å². The lowest BCUT2D eigenvalue weighted by molar-refractivity contribution is 0.0698. The summed E-state index contributed by atoms with van der Waals surface area (Å²) in [5, 5.41) is 14.2. The van der Waals surface area contributed by atoms with E-state index in [1.807, 2.05) is 0 Å². The van der Waals surface area contributed by atoms with Crippen LogP contribution in [0.15, 0.2) is 36.5 Å². The number of nitrogens with zero attached hydrogens (tertiary/aromatic N) is 3. The first-order chi connectivity index (χ1) is 9.56. The molecule has 3 rings (SSSR count). The van der Waals surface area contributed by atoms with Gasteiger partial charge in [-0.05, 0) is 30.3 Å². The van der Waals surface area contributed by atoms with Crippen LogP contribution in [0.5, 0.6) is 0 Å². The predicted molar refractivity (Wildman–Crippen MR) is 75.4 cm³/mol. The largest absolute Gasteiger partial charge is 0.478 e. The van der Waals surface area contributed by atoms with Crippen LogP contribution >= 0.6 is 23.2 Å². The van der Waals surface area contributed by atoms with Crippen molar-refractivity contribution in [3.63, 3.8) is 0 Å². The summed E-state index contributed by atoms with van der Waals surface area (Å²) in [6.07, 6.45) is 1.63. The number of rotatable bonds is 2. The maximum absolute atomic E-state index is 11.1. The fraction of sp³-hybridized carbons (Fsp3) is 0. The molecule has 1 aromatic carbocycles. The highest BCUT2D eigenvalue weighted by Gasteiger charge is 2.14. The van der Waals surface area contributed by atoms with Crippen molar-refractivity contribution in [3.8, 4) is 11.4 Å². The van der Waals surface area contributed by atoms with Crippen molar-refractivity contribution in [2.75, 3.05) is 0 Å². The molecule has 0 radical (unpaired) electrons. The minimum atomic E-state index is -1.05. The number of hydrogen-bond acceptors (Lipinski definition) is 3. The molecule has 0 aliphatic carbocycles. The Bertz CT molecular complexity index is 830. The molecule has 1 N–H and O–H groups in total. The molecule has 0 amide bonds. The first-order valence-corrected chi connectivity index (χ1v) is 6.36. The van der Waals surface area contributed by atoms with Gasteiger partial charge in [-0.2, -0.15) is 0 Å². The average molecular weight is 308 g/mol. The van der Waals surface area contributed by atoms with Crippen molar-refractivity contribution >= 4 is 34.8 Å². The molecule has 0 aliphatic rings. The number of carboxylic acid groups (broad SMARTS) is 1. The van der Waals surface area contributed by atoms with Crippen molar-refractivity contribution in [2.24, 2.45) is 0 Å². The van der Waals surface area contributed by atoms with Gasteiger partial charge in [0, 0.05) is 11.8 Å². The summed E-state index contributed by atoms with van der Waals surface area (Å²) in [5.74, 6) is -0.666. The minimum Gasteiger partial charge on any atom is -0.478 e. The standard InChI is InChI=1S/C13H7Cl2N3O2/c14-9-4-3-7(6-10(9)15)11-16-12-8(13(19)20)2-1-5-18(12)17-11/h1-6H,(H,19,20). The van der Waals surface area contributed by atoms with Gasteiger partial charge >= 0.3 is 5.97 Å². The monoisotopic (exact) mass is 307 g/mol. The molecule has 2 aromatic heterocycles. The smallest absolute Gasteiger partial charge is 0.339 e. The maximum atomic E-state index is 11.1. The first-order valence-electron chi connectivity index (χ1n) is 5.60. The highest BCUT2D eigenvalue weighted by molar-refractivity contribution is 6.42. The molecule has 100 valence electrons. The second kappa shape index (κ2) is 4.77. The van der Waals surface area contributed by atoms with Gasteiger partial charge in [-0.15, -0.1) is 5.10 Å². The number of hydrogen-bond donors (Lipinski definition) is 1. The van der Waals surface area contributed by atoms with Gasteiger partial charge in [-0.1, -0.05) is 23.2 Å². The van der Waals surface area contributed by atoms with Crippen LogP contribution in [0.1, 0.15) is 10.4 Å².